The Labute approximate surface area is 168 Å². The van der Waals surface area contributed by atoms with Crippen molar-refractivity contribution in [1.29, 1.82) is 0 Å². The molecule has 0 aliphatic carbocycles. The molecule has 1 aliphatic rings. The summed E-state index contributed by atoms with van der Waals surface area (Å²) in [6, 6.07) is 13.7. The molecular formula is C24H30N2O2. The van der Waals surface area contributed by atoms with Crippen LogP contribution in [0.4, 0.5) is 0 Å². The molecule has 1 fully saturated rings. The zero-order valence-electron chi connectivity index (χ0n) is 17.6. The fourth-order valence-electron chi connectivity index (χ4n) is 3.47. The van der Waals surface area contributed by atoms with Gasteiger partial charge in [-0.2, -0.15) is 0 Å². The monoisotopic (exact) mass is 378 g/mol. The van der Waals surface area contributed by atoms with Gasteiger partial charge in [-0.05, 0) is 60.2 Å². The van der Waals surface area contributed by atoms with Crippen LogP contribution in [0.15, 0.2) is 42.5 Å². The van der Waals surface area contributed by atoms with Gasteiger partial charge in [-0.3, -0.25) is 9.59 Å². The van der Waals surface area contributed by atoms with Gasteiger partial charge in [0.2, 0.25) is 0 Å². The molecule has 0 atom stereocenters. The molecule has 1 saturated heterocycles. The predicted octanol–water partition coefficient (Wildman–Crippen LogP) is 4.20. The second-order valence-corrected chi connectivity index (χ2v) is 8.71. The van der Waals surface area contributed by atoms with Crippen LogP contribution < -0.4 is 0 Å². The fraction of sp³-hybridized carbons (Fsp3) is 0.417. The molecule has 0 bridgehead atoms. The molecule has 4 heteroatoms. The van der Waals surface area contributed by atoms with Gasteiger partial charge in [-0.25, -0.2) is 0 Å². The lowest BCUT2D eigenvalue weighted by Gasteiger charge is -2.35. The molecule has 0 radical (unpaired) electrons. The highest BCUT2D eigenvalue weighted by Gasteiger charge is 2.26. The number of benzene rings is 2. The highest BCUT2D eigenvalue weighted by Crippen LogP contribution is 2.23. The third-order valence-corrected chi connectivity index (χ3v) is 5.61. The molecule has 1 aliphatic heterocycles. The summed E-state index contributed by atoms with van der Waals surface area (Å²) >= 11 is 0. The summed E-state index contributed by atoms with van der Waals surface area (Å²) in [5.74, 6) is 0.0865. The van der Waals surface area contributed by atoms with Crippen molar-refractivity contribution in [1.82, 2.24) is 9.80 Å². The number of hydrogen-bond acceptors (Lipinski definition) is 2. The van der Waals surface area contributed by atoms with E-state index in [4.69, 9.17) is 0 Å². The van der Waals surface area contributed by atoms with Crippen LogP contribution in [-0.4, -0.2) is 47.8 Å². The number of amides is 2. The van der Waals surface area contributed by atoms with Gasteiger partial charge in [0.25, 0.3) is 11.8 Å². The second-order valence-electron chi connectivity index (χ2n) is 8.71. The lowest BCUT2D eigenvalue weighted by Crippen LogP contribution is -2.50. The Kier molecular flexibility index (Phi) is 5.59. The van der Waals surface area contributed by atoms with Crippen LogP contribution in [0.3, 0.4) is 0 Å². The van der Waals surface area contributed by atoms with Crippen LogP contribution in [0.5, 0.6) is 0 Å². The number of nitrogens with zero attached hydrogens (tertiary/aromatic N) is 2. The normalized spacial score (nSPS) is 14.9. The third kappa shape index (κ3) is 4.27. The summed E-state index contributed by atoms with van der Waals surface area (Å²) < 4.78 is 0. The maximum absolute atomic E-state index is 12.8. The number of piperazine rings is 1. The van der Waals surface area contributed by atoms with Crippen molar-refractivity contribution in [3.05, 3.63) is 70.3 Å². The van der Waals surface area contributed by atoms with E-state index in [9.17, 15) is 9.59 Å². The van der Waals surface area contributed by atoms with Crippen molar-refractivity contribution >= 4 is 11.8 Å². The van der Waals surface area contributed by atoms with E-state index in [2.05, 4.69) is 20.8 Å². The molecule has 148 valence electrons. The molecular weight excluding hydrogens is 348 g/mol. The molecule has 2 amide bonds. The molecule has 0 saturated carbocycles. The molecule has 4 nitrogen and oxygen atoms in total. The van der Waals surface area contributed by atoms with Gasteiger partial charge in [-0.1, -0.05) is 39.0 Å². The van der Waals surface area contributed by atoms with Gasteiger partial charge in [0.1, 0.15) is 0 Å². The van der Waals surface area contributed by atoms with Gasteiger partial charge in [-0.15, -0.1) is 0 Å². The van der Waals surface area contributed by atoms with E-state index in [0.717, 1.165) is 11.1 Å². The maximum Gasteiger partial charge on any atom is 0.253 e. The van der Waals surface area contributed by atoms with E-state index in [1.807, 2.05) is 66.1 Å². The van der Waals surface area contributed by atoms with Crippen molar-refractivity contribution in [2.75, 3.05) is 26.2 Å². The Bertz CT molecular complexity index is 870. The Balaban J connectivity index is 1.62. The van der Waals surface area contributed by atoms with Gasteiger partial charge in [0, 0.05) is 37.3 Å². The van der Waals surface area contributed by atoms with Crippen molar-refractivity contribution in [3.8, 4) is 0 Å². The number of aryl methyl sites for hydroxylation is 2. The first-order chi connectivity index (χ1) is 13.2. The summed E-state index contributed by atoms with van der Waals surface area (Å²) in [6.45, 7) is 12.8. The second kappa shape index (κ2) is 7.78. The Hall–Kier alpha value is -2.62. The highest BCUT2D eigenvalue weighted by molar-refractivity contribution is 5.96. The molecule has 2 aromatic rings. The Morgan fingerprint density at radius 3 is 1.64 bits per heavy atom. The van der Waals surface area contributed by atoms with E-state index in [0.29, 0.717) is 31.7 Å². The largest absolute Gasteiger partial charge is 0.335 e. The van der Waals surface area contributed by atoms with Crippen LogP contribution in [-0.2, 0) is 5.41 Å². The Morgan fingerprint density at radius 1 is 0.714 bits per heavy atom. The average molecular weight is 379 g/mol. The van der Waals surface area contributed by atoms with Crippen LogP contribution in [0.25, 0.3) is 0 Å². The van der Waals surface area contributed by atoms with Gasteiger partial charge < -0.3 is 9.80 Å². The van der Waals surface area contributed by atoms with Crippen molar-refractivity contribution < 1.29 is 9.59 Å². The van der Waals surface area contributed by atoms with Crippen molar-refractivity contribution in [2.45, 2.75) is 40.0 Å². The predicted molar refractivity (Wildman–Crippen MR) is 113 cm³/mol. The van der Waals surface area contributed by atoms with E-state index < -0.39 is 0 Å². The maximum atomic E-state index is 12.8. The molecule has 2 aromatic carbocycles. The minimum Gasteiger partial charge on any atom is -0.335 e. The fourth-order valence-corrected chi connectivity index (χ4v) is 3.47. The third-order valence-electron chi connectivity index (χ3n) is 5.61. The van der Waals surface area contributed by atoms with Crippen LogP contribution in [0.1, 0.15) is 58.2 Å². The van der Waals surface area contributed by atoms with Crippen LogP contribution >= 0.6 is 0 Å². The van der Waals surface area contributed by atoms with Crippen molar-refractivity contribution in [2.24, 2.45) is 0 Å². The number of carbonyl (C=O) groups is 2. The summed E-state index contributed by atoms with van der Waals surface area (Å²) in [5, 5.41) is 0. The lowest BCUT2D eigenvalue weighted by molar-refractivity contribution is 0.0535. The molecule has 3 rings (SSSR count). The van der Waals surface area contributed by atoms with E-state index in [1.165, 1.54) is 11.1 Å². The molecule has 0 spiro atoms. The molecule has 1 heterocycles. The first-order valence-corrected chi connectivity index (χ1v) is 9.93. The lowest BCUT2D eigenvalue weighted by atomic mass is 9.86. The first-order valence-electron chi connectivity index (χ1n) is 9.93. The number of carbonyl (C=O) groups excluding carboxylic acids is 2. The summed E-state index contributed by atoms with van der Waals surface area (Å²) in [5.41, 5.74) is 5.03. The van der Waals surface area contributed by atoms with E-state index in [1.54, 1.807) is 0 Å². The number of hydrogen-bond donors (Lipinski definition) is 0. The zero-order valence-corrected chi connectivity index (χ0v) is 17.6. The summed E-state index contributed by atoms with van der Waals surface area (Å²) in [6.07, 6.45) is 0. The van der Waals surface area contributed by atoms with Crippen molar-refractivity contribution in [3.63, 3.8) is 0 Å². The summed E-state index contributed by atoms with van der Waals surface area (Å²) in [4.78, 5) is 29.3. The zero-order chi connectivity index (χ0) is 20.5. The molecule has 28 heavy (non-hydrogen) atoms. The van der Waals surface area contributed by atoms with Gasteiger partial charge in [0.15, 0.2) is 0 Å². The topological polar surface area (TPSA) is 40.6 Å². The number of rotatable bonds is 2. The average Bonchev–Trinajstić information content (AvgIpc) is 2.68. The van der Waals surface area contributed by atoms with Crippen LogP contribution in [0, 0.1) is 13.8 Å². The van der Waals surface area contributed by atoms with E-state index in [-0.39, 0.29) is 17.2 Å². The summed E-state index contributed by atoms with van der Waals surface area (Å²) in [7, 11) is 0. The SMILES string of the molecule is Cc1ccc(C(=O)N2CCN(C(=O)c3ccc(C(C)(C)C)cc3)CC2)cc1C. The Morgan fingerprint density at radius 2 is 1.18 bits per heavy atom. The molecule has 0 unspecified atom stereocenters. The van der Waals surface area contributed by atoms with E-state index >= 15 is 0 Å². The van der Waals surface area contributed by atoms with Crippen LogP contribution in [0.2, 0.25) is 0 Å². The highest BCUT2D eigenvalue weighted by atomic mass is 16.2. The molecule has 0 N–H and O–H groups in total. The minimum absolute atomic E-state index is 0.0405. The molecule has 0 aromatic heterocycles. The first kappa shape index (κ1) is 20.1. The smallest absolute Gasteiger partial charge is 0.253 e. The minimum atomic E-state index is 0.0405. The van der Waals surface area contributed by atoms with Gasteiger partial charge in [0.05, 0.1) is 0 Å². The van der Waals surface area contributed by atoms with Gasteiger partial charge >= 0.3 is 0 Å². The standard InChI is InChI=1S/C24H30N2O2/c1-17-6-7-20(16-18(17)2)23(28)26-14-12-25(13-15-26)22(27)19-8-10-21(11-9-19)24(3,4)5/h6-11,16H,12-15H2,1-5H3. The quantitative estimate of drug-likeness (QED) is 0.786.